The molecule has 1 unspecified atom stereocenters. The first kappa shape index (κ1) is 8.10. The molecule has 1 aromatic heterocycles. The van der Waals surface area contributed by atoms with E-state index in [2.05, 4.69) is 28.3 Å². The van der Waals surface area contributed by atoms with Gasteiger partial charge in [-0.25, -0.2) is 4.98 Å². The molecule has 0 spiro atoms. The molecule has 1 aliphatic heterocycles. The molecule has 2 N–H and O–H groups in total. The molecule has 1 aliphatic rings. The van der Waals surface area contributed by atoms with Crippen molar-refractivity contribution in [1.29, 1.82) is 0 Å². The average molecular weight is 175 g/mol. The van der Waals surface area contributed by atoms with E-state index in [-0.39, 0.29) is 0 Å². The van der Waals surface area contributed by atoms with Gasteiger partial charge in [0.1, 0.15) is 5.82 Å². The summed E-state index contributed by atoms with van der Waals surface area (Å²) in [6.07, 6.45) is 7.94. The van der Waals surface area contributed by atoms with Gasteiger partial charge in [-0.15, -0.1) is 0 Å². The summed E-state index contributed by atoms with van der Waals surface area (Å²) >= 11 is 0. The summed E-state index contributed by atoms with van der Waals surface area (Å²) in [6, 6.07) is 0.352. The molecular formula is C10H13N3. The Bertz CT molecular complexity index is 360. The van der Waals surface area contributed by atoms with Crippen LogP contribution in [0.5, 0.6) is 0 Å². The third-order valence-corrected chi connectivity index (χ3v) is 2.20. The molecule has 1 atom stereocenters. The highest BCUT2D eigenvalue weighted by molar-refractivity contribution is 5.69. The number of nitrogens with one attached hydrogen (secondary N) is 2. The van der Waals surface area contributed by atoms with E-state index in [1.54, 1.807) is 0 Å². The Morgan fingerprint density at radius 2 is 2.31 bits per heavy atom. The van der Waals surface area contributed by atoms with Crippen molar-refractivity contribution in [2.75, 3.05) is 0 Å². The van der Waals surface area contributed by atoms with Crippen LogP contribution in [0.15, 0.2) is 24.5 Å². The molecular weight excluding hydrogens is 162 g/mol. The van der Waals surface area contributed by atoms with Crippen LogP contribution in [0.2, 0.25) is 0 Å². The number of aryl methyl sites for hydroxylation is 1. The highest BCUT2D eigenvalue weighted by Gasteiger charge is 2.12. The Labute approximate surface area is 77.6 Å². The molecule has 0 bridgehead atoms. The fourth-order valence-corrected chi connectivity index (χ4v) is 1.48. The smallest absolute Gasteiger partial charge is 0.103 e. The van der Waals surface area contributed by atoms with Gasteiger partial charge in [0.15, 0.2) is 0 Å². The zero-order valence-electron chi connectivity index (χ0n) is 7.83. The summed E-state index contributed by atoms with van der Waals surface area (Å²) in [5.74, 6) is 0.956. The minimum atomic E-state index is 0.352. The van der Waals surface area contributed by atoms with Crippen LogP contribution in [0.4, 0.5) is 0 Å². The molecule has 0 radical (unpaired) electrons. The van der Waals surface area contributed by atoms with Gasteiger partial charge in [0.05, 0.1) is 17.9 Å². The Morgan fingerprint density at radius 1 is 1.46 bits per heavy atom. The third kappa shape index (κ3) is 1.49. The maximum atomic E-state index is 4.18. The van der Waals surface area contributed by atoms with Crippen LogP contribution < -0.4 is 5.32 Å². The maximum absolute atomic E-state index is 4.18. The summed E-state index contributed by atoms with van der Waals surface area (Å²) < 4.78 is 0. The Hall–Kier alpha value is -1.51. The molecule has 0 fully saturated rings. The lowest BCUT2D eigenvalue weighted by Crippen LogP contribution is -2.24. The van der Waals surface area contributed by atoms with Gasteiger partial charge in [0.2, 0.25) is 0 Å². The first-order valence-corrected chi connectivity index (χ1v) is 4.42. The number of aromatic nitrogens is 2. The fraction of sp³-hybridized carbons (Fsp3) is 0.300. The topological polar surface area (TPSA) is 40.7 Å². The lowest BCUT2D eigenvalue weighted by Gasteiger charge is -2.17. The third-order valence-electron chi connectivity index (χ3n) is 2.20. The van der Waals surface area contributed by atoms with Crippen LogP contribution in [0, 0.1) is 6.92 Å². The molecule has 0 saturated heterocycles. The van der Waals surface area contributed by atoms with E-state index in [0.29, 0.717) is 6.04 Å². The zero-order valence-corrected chi connectivity index (χ0v) is 7.83. The van der Waals surface area contributed by atoms with Crippen molar-refractivity contribution in [1.82, 2.24) is 15.3 Å². The second-order valence-corrected chi connectivity index (χ2v) is 3.25. The van der Waals surface area contributed by atoms with Gasteiger partial charge >= 0.3 is 0 Å². The van der Waals surface area contributed by atoms with E-state index in [1.807, 2.05) is 25.4 Å². The van der Waals surface area contributed by atoms with Gasteiger partial charge in [-0.05, 0) is 31.7 Å². The Morgan fingerprint density at radius 3 is 2.92 bits per heavy atom. The number of allylic oxidation sites excluding steroid dienone is 2. The van der Waals surface area contributed by atoms with E-state index in [9.17, 15) is 0 Å². The molecule has 13 heavy (non-hydrogen) atoms. The summed E-state index contributed by atoms with van der Waals surface area (Å²) in [7, 11) is 0. The maximum Gasteiger partial charge on any atom is 0.103 e. The molecule has 0 aromatic carbocycles. The number of rotatable bonds is 1. The minimum Gasteiger partial charge on any atom is -0.384 e. The lowest BCUT2D eigenvalue weighted by atomic mass is 10.0. The van der Waals surface area contributed by atoms with Crippen molar-refractivity contribution in [2.24, 2.45) is 0 Å². The largest absolute Gasteiger partial charge is 0.384 e. The zero-order chi connectivity index (χ0) is 9.26. The van der Waals surface area contributed by atoms with Crippen molar-refractivity contribution < 1.29 is 0 Å². The number of dihydropyridines is 1. The molecule has 1 aromatic rings. The van der Waals surface area contributed by atoms with E-state index in [4.69, 9.17) is 0 Å². The summed E-state index contributed by atoms with van der Waals surface area (Å²) in [5.41, 5.74) is 2.35. The van der Waals surface area contributed by atoms with Crippen LogP contribution in [-0.4, -0.2) is 16.0 Å². The number of hydrogen-bond acceptors (Lipinski definition) is 2. The van der Waals surface area contributed by atoms with Gasteiger partial charge in [0.25, 0.3) is 0 Å². The van der Waals surface area contributed by atoms with E-state index < -0.39 is 0 Å². The number of imidazole rings is 1. The molecule has 0 saturated carbocycles. The molecule has 0 amide bonds. The highest BCUT2D eigenvalue weighted by atomic mass is 14.9. The van der Waals surface area contributed by atoms with Crippen LogP contribution >= 0.6 is 0 Å². The average Bonchev–Trinajstić information content (AvgIpc) is 2.53. The molecule has 3 nitrogen and oxygen atoms in total. The fourth-order valence-electron chi connectivity index (χ4n) is 1.48. The van der Waals surface area contributed by atoms with Crippen molar-refractivity contribution in [2.45, 2.75) is 19.9 Å². The van der Waals surface area contributed by atoms with Crippen LogP contribution in [0.3, 0.4) is 0 Å². The predicted octanol–water partition coefficient (Wildman–Crippen LogP) is 1.61. The van der Waals surface area contributed by atoms with Crippen molar-refractivity contribution >= 4 is 5.57 Å². The second-order valence-electron chi connectivity index (χ2n) is 3.25. The number of H-pyrrole nitrogens is 1. The SMILES string of the molecule is Cc1ncc(C2=CC=CNC2C)[nH]1. The normalized spacial score (nSPS) is 21.1. The van der Waals surface area contributed by atoms with Crippen LogP contribution in [0.25, 0.3) is 5.57 Å². The summed E-state index contributed by atoms with van der Waals surface area (Å²) in [5, 5.41) is 3.24. The van der Waals surface area contributed by atoms with Gasteiger partial charge in [-0.1, -0.05) is 6.08 Å². The van der Waals surface area contributed by atoms with Crippen LogP contribution in [-0.2, 0) is 0 Å². The first-order chi connectivity index (χ1) is 6.27. The summed E-state index contributed by atoms with van der Waals surface area (Å²) in [6.45, 7) is 4.09. The number of hydrogen-bond donors (Lipinski definition) is 2. The predicted molar refractivity (Wildman–Crippen MR) is 53.0 cm³/mol. The Balaban J connectivity index is 2.34. The van der Waals surface area contributed by atoms with Crippen molar-refractivity contribution in [3.05, 3.63) is 36.1 Å². The Kier molecular flexibility index (Phi) is 1.93. The number of nitrogens with zero attached hydrogens (tertiary/aromatic N) is 1. The highest BCUT2D eigenvalue weighted by Crippen LogP contribution is 2.18. The molecule has 2 rings (SSSR count). The van der Waals surface area contributed by atoms with Gasteiger partial charge in [0, 0.05) is 0 Å². The van der Waals surface area contributed by atoms with Crippen molar-refractivity contribution in [3.63, 3.8) is 0 Å². The minimum absolute atomic E-state index is 0.352. The van der Waals surface area contributed by atoms with Gasteiger partial charge in [-0.2, -0.15) is 0 Å². The van der Waals surface area contributed by atoms with Crippen molar-refractivity contribution in [3.8, 4) is 0 Å². The van der Waals surface area contributed by atoms with E-state index >= 15 is 0 Å². The van der Waals surface area contributed by atoms with Crippen LogP contribution in [0.1, 0.15) is 18.4 Å². The molecule has 2 heterocycles. The second kappa shape index (κ2) is 3.09. The van der Waals surface area contributed by atoms with E-state index in [0.717, 1.165) is 11.5 Å². The summed E-state index contributed by atoms with van der Waals surface area (Å²) in [4.78, 5) is 7.40. The molecule has 3 heteroatoms. The standard InChI is InChI=1S/C10H13N3/c1-7-9(4-3-5-11-7)10-6-12-8(2)13-10/h3-7,11H,1-2H3,(H,12,13). The number of aromatic amines is 1. The molecule has 68 valence electrons. The monoisotopic (exact) mass is 175 g/mol. The first-order valence-electron chi connectivity index (χ1n) is 4.42. The van der Waals surface area contributed by atoms with Gasteiger partial charge in [-0.3, -0.25) is 0 Å². The molecule has 0 aliphatic carbocycles. The van der Waals surface area contributed by atoms with Gasteiger partial charge < -0.3 is 10.3 Å². The quantitative estimate of drug-likeness (QED) is 0.680. The van der Waals surface area contributed by atoms with E-state index in [1.165, 1.54) is 5.57 Å². The lowest BCUT2D eigenvalue weighted by molar-refractivity contribution is 0.775.